The number of piperidine rings is 1. The number of nitrogens with two attached hydrogens (primary N) is 1. The van der Waals surface area contributed by atoms with Gasteiger partial charge in [-0.05, 0) is 69.2 Å². The zero-order valence-corrected chi connectivity index (χ0v) is 20.3. The molecule has 0 unspecified atom stereocenters. The molecule has 3 aromatic rings. The number of carbonyl (C=O) groups excluding carboxylic acids is 2. The maximum absolute atomic E-state index is 13.1. The van der Waals surface area contributed by atoms with Crippen molar-refractivity contribution in [3.63, 3.8) is 0 Å². The number of aryl methyl sites for hydroxylation is 2. The zero-order chi connectivity index (χ0) is 25.3. The Morgan fingerprint density at radius 1 is 1.11 bits per heavy atom. The molecule has 0 bridgehead atoms. The van der Waals surface area contributed by atoms with Crippen molar-refractivity contribution in [3.8, 4) is 0 Å². The van der Waals surface area contributed by atoms with Gasteiger partial charge in [0.1, 0.15) is 5.69 Å². The normalized spacial score (nSPS) is 14.8. The van der Waals surface area contributed by atoms with Gasteiger partial charge in [-0.1, -0.05) is 0 Å². The van der Waals surface area contributed by atoms with Gasteiger partial charge >= 0.3 is 0 Å². The van der Waals surface area contributed by atoms with E-state index in [1.807, 2.05) is 6.92 Å². The van der Waals surface area contributed by atoms with E-state index in [0.717, 1.165) is 0 Å². The summed E-state index contributed by atoms with van der Waals surface area (Å²) in [7, 11) is -3.79. The van der Waals surface area contributed by atoms with E-state index in [1.165, 1.54) is 24.3 Å². The Kier molecular flexibility index (Phi) is 6.73. The second-order valence-electron chi connectivity index (χ2n) is 8.58. The molecule has 1 aliphatic heterocycles. The fraction of sp³-hybridized carbons (Fsp3) is 0.333. The van der Waals surface area contributed by atoms with Gasteiger partial charge in [0.05, 0.1) is 15.9 Å². The van der Waals surface area contributed by atoms with E-state index < -0.39 is 10.0 Å². The van der Waals surface area contributed by atoms with Gasteiger partial charge in [-0.25, -0.2) is 18.5 Å². The molecule has 1 aromatic heterocycles. The van der Waals surface area contributed by atoms with Crippen LogP contribution in [0.15, 0.2) is 52.2 Å². The van der Waals surface area contributed by atoms with Gasteiger partial charge in [0, 0.05) is 36.8 Å². The Morgan fingerprint density at radius 3 is 2.37 bits per heavy atom. The average molecular weight is 498 g/mol. The molecule has 0 aliphatic carbocycles. The fourth-order valence-corrected chi connectivity index (χ4v) is 4.84. The third kappa shape index (κ3) is 5.10. The summed E-state index contributed by atoms with van der Waals surface area (Å²) in [5, 5.41) is 7.89. The van der Waals surface area contributed by atoms with Crippen LogP contribution >= 0.6 is 0 Å². The van der Waals surface area contributed by atoms with Gasteiger partial charge < -0.3 is 14.8 Å². The summed E-state index contributed by atoms with van der Waals surface area (Å²) in [5.41, 5.74) is 2.49. The van der Waals surface area contributed by atoms with Crippen molar-refractivity contribution in [1.29, 1.82) is 0 Å². The van der Waals surface area contributed by atoms with E-state index >= 15 is 0 Å². The molecule has 0 spiro atoms. The first-order chi connectivity index (χ1) is 16.6. The van der Waals surface area contributed by atoms with Crippen LogP contribution < -0.4 is 16.0 Å². The van der Waals surface area contributed by atoms with E-state index in [2.05, 4.69) is 10.3 Å². The number of fused-ring (bicyclic) bond motifs is 1. The Hall–Kier alpha value is -3.57. The number of primary sulfonamides is 1. The molecule has 2 aromatic carbocycles. The lowest BCUT2D eigenvalue weighted by Gasteiger charge is -2.31. The monoisotopic (exact) mass is 497 g/mol. The van der Waals surface area contributed by atoms with Crippen molar-refractivity contribution < 1.29 is 18.0 Å². The van der Waals surface area contributed by atoms with Crippen LogP contribution in [0, 0.1) is 12.8 Å². The Bertz CT molecular complexity index is 1460. The van der Waals surface area contributed by atoms with Crippen LogP contribution in [0.25, 0.3) is 11.0 Å². The minimum atomic E-state index is -3.79. The molecule has 0 radical (unpaired) electrons. The highest BCUT2D eigenvalue weighted by Crippen LogP contribution is 2.23. The van der Waals surface area contributed by atoms with Crippen molar-refractivity contribution in [3.05, 3.63) is 64.1 Å². The van der Waals surface area contributed by atoms with E-state index in [-0.39, 0.29) is 28.2 Å². The number of nitrogens with zero attached hydrogens (tertiary/aromatic N) is 3. The van der Waals surface area contributed by atoms with E-state index in [9.17, 15) is 22.8 Å². The molecule has 11 heteroatoms. The van der Waals surface area contributed by atoms with Crippen molar-refractivity contribution >= 4 is 38.6 Å². The summed E-state index contributed by atoms with van der Waals surface area (Å²) >= 11 is 0. The van der Waals surface area contributed by atoms with Gasteiger partial charge in [0.2, 0.25) is 15.9 Å². The lowest BCUT2D eigenvalue weighted by atomic mass is 9.95. The van der Waals surface area contributed by atoms with E-state index in [4.69, 9.17) is 5.14 Å². The maximum atomic E-state index is 13.1. The highest BCUT2D eigenvalue weighted by atomic mass is 32.2. The summed E-state index contributed by atoms with van der Waals surface area (Å²) in [6.45, 7) is 4.92. The molecule has 184 valence electrons. The lowest BCUT2D eigenvalue weighted by molar-refractivity contribution is -0.121. The first kappa shape index (κ1) is 24.6. The van der Waals surface area contributed by atoms with Crippen LogP contribution in [-0.2, 0) is 21.4 Å². The largest absolute Gasteiger partial charge is 0.339 e. The molecule has 35 heavy (non-hydrogen) atoms. The maximum Gasteiger partial charge on any atom is 0.272 e. The van der Waals surface area contributed by atoms with Crippen LogP contribution in [0.3, 0.4) is 0 Å². The van der Waals surface area contributed by atoms with E-state index in [1.54, 1.807) is 34.6 Å². The van der Waals surface area contributed by atoms with Gasteiger partial charge in [-0.15, -0.1) is 0 Å². The number of likely N-dealkylation sites (tertiary alicyclic amines) is 1. The molecule has 3 N–H and O–H groups in total. The zero-order valence-electron chi connectivity index (χ0n) is 19.5. The Balaban J connectivity index is 1.40. The molecular formula is C24H27N5O5S. The topological polar surface area (TPSA) is 144 Å². The number of sulfonamides is 1. The predicted molar refractivity (Wildman–Crippen MR) is 131 cm³/mol. The van der Waals surface area contributed by atoms with Crippen LogP contribution in [0.5, 0.6) is 0 Å². The highest BCUT2D eigenvalue weighted by molar-refractivity contribution is 7.89. The van der Waals surface area contributed by atoms with Crippen molar-refractivity contribution in [2.24, 2.45) is 11.1 Å². The number of rotatable bonds is 5. The molecule has 10 nitrogen and oxygen atoms in total. The first-order valence-electron chi connectivity index (χ1n) is 11.3. The van der Waals surface area contributed by atoms with Crippen LogP contribution in [0.1, 0.15) is 35.8 Å². The summed E-state index contributed by atoms with van der Waals surface area (Å²) in [6.07, 6.45) is 1.01. The van der Waals surface area contributed by atoms with Crippen LogP contribution in [0.4, 0.5) is 5.69 Å². The predicted octanol–water partition coefficient (Wildman–Crippen LogP) is 1.86. The van der Waals surface area contributed by atoms with Crippen molar-refractivity contribution in [1.82, 2.24) is 14.5 Å². The molecule has 0 saturated carbocycles. The lowest BCUT2D eigenvalue weighted by Crippen LogP contribution is -2.41. The number of aromatic nitrogens is 2. The van der Waals surface area contributed by atoms with Crippen molar-refractivity contribution in [2.75, 3.05) is 18.4 Å². The number of hydrogen-bond donors (Lipinski definition) is 2. The molecule has 1 saturated heterocycles. The fourth-order valence-electron chi connectivity index (χ4n) is 4.32. The van der Waals surface area contributed by atoms with Crippen LogP contribution in [-0.4, -0.2) is 47.8 Å². The summed E-state index contributed by atoms with van der Waals surface area (Å²) in [5.74, 6) is -0.585. The number of hydrogen-bond acceptors (Lipinski definition) is 6. The Labute approximate surface area is 202 Å². The summed E-state index contributed by atoms with van der Waals surface area (Å²) in [6, 6.07) is 10.8. The minimum absolute atomic E-state index is 0.0284. The van der Waals surface area contributed by atoms with Gasteiger partial charge in [0.25, 0.3) is 11.5 Å². The third-order valence-electron chi connectivity index (χ3n) is 6.28. The summed E-state index contributed by atoms with van der Waals surface area (Å²) in [4.78, 5) is 44.1. The molecular weight excluding hydrogens is 470 g/mol. The number of benzene rings is 2. The van der Waals surface area contributed by atoms with Crippen LogP contribution in [0.2, 0.25) is 0 Å². The third-order valence-corrected chi connectivity index (χ3v) is 7.20. The molecule has 0 atom stereocenters. The second kappa shape index (κ2) is 9.59. The SMILES string of the molecule is CCn1c(=O)c(C)nc2cc(C(=O)N3CCC(C(=O)Nc4ccc(S(N)(=O)=O)cc4)CC3)ccc21. The number of anilines is 1. The smallest absolute Gasteiger partial charge is 0.272 e. The molecule has 2 heterocycles. The standard InChI is InChI=1S/C24H27N5O5S/c1-3-29-21-9-4-17(14-20(21)26-15(2)23(29)31)24(32)28-12-10-16(11-13-28)22(30)27-18-5-7-19(8-6-18)35(25,33)34/h4-9,14,16H,3,10-13H2,1-2H3,(H,27,30)(H2,25,33,34). The van der Waals surface area contributed by atoms with Gasteiger partial charge in [-0.2, -0.15) is 0 Å². The molecule has 2 amide bonds. The summed E-state index contributed by atoms with van der Waals surface area (Å²) < 4.78 is 24.4. The minimum Gasteiger partial charge on any atom is -0.339 e. The quantitative estimate of drug-likeness (QED) is 0.550. The van der Waals surface area contributed by atoms with Gasteiger partial charge in [0.15, 0.2) is 0 Å². The van der Waals surface area contributed by atoms with Crippen molar-refractivity contribution in [2.45, 2.75) is 38.1 Å². The molecule has 1 aliphatic rings. The molecule has 1 fully saturated rings. The number of amides is 2. The molecule has 4 rings (SSSR count). The number of nitrogens with one attached hydrogen (secondary N) is 1. The Morgan fingerprint density at radius 2 is 1.77 bits per heavy atom. The van der Waals surface area contributed by atoms with Gasteiger partial charge in [-0.3, -0.25) is 14.4 Å². The number of carbonyl (C=O) groups is 2. The highest BCUT2D eigenvalue weighted by Gasteiger charge is 2.28. The average Bonchev–Trinajstić information content (AvgIpc) is 2.84. The van der Waals surface area contributed by atoms with E-state index in [0.29, 0.717) is 60.5 Å². The first-order valence-corrected chi connectivity index (χ1v) is 12.9. The second-order valence-corrected chi connectivity index (χ2v) is 10.1.